The van der Waals surface area contributed by atoms with E-state index < -0.39 is 0 Å². The first-order chi connectivity index (χ1) is 17.0. The van der Waals surface area contributed by atoms with Crippen LogP contribution in [-0.2, 0) is 27.4 Å². The number of ether oxygens (including phenoxy) is 1. The third kappa shape index (κ3) is 5.40. The normalized spacial score (nSPS) is 20.0. The van der Waals surface area contributed by atoms with Crippen LogP contribution in [0.15, 0.2) is 48.8 Å². The maximum absolute atomic E-state index is 12.9. The molecule has 182 valence electrons. The Hall–Kier alpha value is -3.59. The molecule has 0 radical (unpaired) electrons. The van der Waals surface area contributed by atoms with Gasteiger partial charge >= 0.3 is 5.97 Å². The summed E-state index contributed by atoms with van der Waals surface area (Å²) in [5, 5.41) is 11.2. The van der Waals surface area contributed by atoms with Crippen LogP contribution >= 0.6 is 0 Å². The molecule has 2 unspecified atom stereocenters. The topological polar surface area (TPSA) is 93.5 Å². The van der Waals surface area contributed by atoms with Gasteiger partial charge in [-0.3, -0.25) is 14.5 Å². The van der Waals surface area contributed by atoms with E-state index in [9.17, 15) is 9.59 Å². The van der Waals surface area contributed by atoms with Crippen molar-refractivity contribution in [3.05, 3.63) is 71.0 Å². The summed E-state index contributed by atoms with van der Waals surface area (Å²) in [6.45, 7) is 7.13. The minimum absolute atomic E-state index is 0.167. The van der Waals surface area contributed by atoms with Crippen molar-refractivity contribution in [2.45, 2.75) is 45.3 Å². The summed E-state index contributed by atoms with van der Waals surface area (Å²) in [6.07, 6.45) is 3.08. The molecule has 35 heavy (non-hydrogen) atoms. The predicted molar refractivity (Wildman–Crippen MR) is 129 cm³/mol. The lowest BCUT2D eigenvalue weighted by molar-refractivity contribution is -0.142. The van der Waals surface area contributed by atoms with Crippen molar-refractivity contribution in [1.82, 2.24) is 30.0 Å². The fourth-order valence-corrected chi connectivity index (χ4v) is 4.84. The standard InChI is InChI=1S/C26H30N6O3/c1-18-3-6-21(14-22(18)16-35-19(2)33)24-15-25(24)30-9-11-31(12-10-30)26(34)13-20-4-7-23(8-5-20)32-17-27-28-29-32/h3-8,14,17,24-25H,9-13,15-16H2,1-2H3. The maximum Gasteiger partial charge on any atom is 0.302 e. The summed E-state index contributed by atoms with van der Waals surface area (Å²) in [7, 11) is 0. The first-order valence-corrected chi connectivity index (χ1v) is 12.0. The van der Waals surface area contributed by atoms with Crippen molar-refractivity contribution in [3.63, 3.8) is 0 Å². The van der Waals surface area contributed by atoms with Crippen molar-refractivity contribution in [3.8, 4) is 5.69 Å². The van der Waals surface area contributed by atoms with Crippen LogP contribution in [-0.4, -0.2) is 74.1 Å². The van der Waals surface area contributed by atoms with Gasteiger partial charge in [0.1, 0.15) is 12.9 Å². The maximum atomic E-state index is 12.9. The molecule has 9 heteroatoms. The van der Waals surface area contributed by atoms with Crippen LogP contribution in [0, 0.1) is 6.92 Å². The van der Waals surface area contributed by atoms with Crippen molar-refractivity contribution in [2.24, 2.45) is 0 Å². The Bertz CT molecular complexity index is 1190. The van der Waals surface area contributed by atoms with Crippen LogP contribution < -0.4 is 0 Å². The lowest BCUT2D eigenvalue weighted by Crippen LogP contribution is -2.50. The molecule has 2 aromatic carbocycles. The first-order valence-electron chi connectivity index (χ1n) is 12.0. The Labute approximate surface area is 204 Å². The fraction of sp³-hybridized carbons (Fsp3) is 0.423. The van der Waals surface area contributed by atoms with Crippen LogP contribution in [0.25, 0.3) is 5.69 Å². The Morgan fingerprint density at radius 1 is 1.06 bits per heavy atom. The summed E-state index contributed by atoms with van der Waals surface area (Å²) in [6, 6.07) is 14.8. The SMILES string of the molecule is CC(=O)OCc1cc(C2CC2N2CCN(C(=O)Cc3ccc(-n4cnnn4)cc3)CC2)ccc1C. The lowest BCUT2D eigenvalue weighted by atomic mass is 10.0. The van der Waals surface area contributed by atoms with E-state index in [1.54, 1.807) is 11.0 Å². The van der Waals surface area contributed by atoms with Crippen molar-refractivity contribution >= 4 is 11.9 Å². The van der Waals surface area contributed by atoms with E-state index in [2.05, 4.69) is 38.6 Å². The van der Waals surface area contributed by atoms with Gasteiger partial charge in [-0.1, -0.05) is 30.3 Å². The molecular weight excluding hydrogens is 444 g/mol. The number of rotatable bonds is 7. The fourth-order valence-electron chi connectivity index (χ4n) is 4.84. The highest BCUT2D eigenvalue weighted by Gasteiger charge is 2.43. The number of tetrazole rings is 1. The molecule has 1 aliphatic heterocycles. The van der Waals surface area contributed by atoms with Gasteiger partial charge in [0.15, 0.2) is 0 Å². The van der Waals surface area contributed by atoms with Crippen LogP contribution in [0.1, 0.15) is 41.5 Å². The number of aromatic nitrogens is 4. The monoisotopic (exact) mass is 474 g/mol. The second kappa shape index (κ2) is 9.95. The van der Waals surface area contributed by atoms with Gasteiger partial charge in [-0.15, -0.1) is 5.10 Å². The minimum atomic E-state index is -0.257. The van der Waals surface area contributed by atoms with Crippen LogP contribution in [0.5, 0.6) is 0 Å². The number of benzene rings is 2. The molecule has 2 heterocycles. The van der Waals surface area contributed by atoms with Crippen molar-refractivity contribution < 1.29 is 14.3 Å². The van der Waals surface area contributed by atoms with Crippen molar-refractivity contribution in [2.75, 3.05) is 26.2 Å². The lowest BCUT2D eigenvalue weighted by Gasteiger charge is -2.35. The van der Waals surface area contributed by atoms with E-state index in [-0.39, 0.29) is 11.9 Å². The van der Waals surface area contributed by atoms with Gasteiger partial charge in [-0.05, 0) is 58.2 Å². The third-order valence-corrected chi connectivity index (χ3v) is 7.03. The molecule has 0 spiro atoms. The Kier molecular flexibility index (Phi) is 6.59. The number of aryl methyl sites for hydroxylation is 1. The molecule has 2 aliphatic rings. The number of hydrogen-bond acceptors (Lipinski definition) is 7. The second-order valence-corrected chi connectivity index (χ2v) is 9.39. The average Bonchev–Trinajstić information content (AvgIpc) is 3.47. The highest BCUT2D eigenvalue weighted by atomic mass is 16.5. The zero-order valence-electron chi connectivity index (χ0n) is 20.1. The molecule has 1 aliphatic carbocycles. The molecule has 0 bridgehead atoms. The van der Waals surface area contributed by atoms with E-state index >= 15 is 0 Å². The number of carbonyl (C=O) groups excluding carboxylic acids is 2. The Balaban J connectivity index is 1.11. The van der Waals surface area contributed by atoms with Gasteiger partial charge in [0.2, 0.25) is 5.91 Å². The Morgan fingerprint density at radius 2 is 1.83 bits per heavy atom. The summed E-state index contributed by atoms with van der Waals surface area (Å²) < 4.78 is 6.80. The van der Waals surface area contributed by atoms with Gasteiger partial charge in [0, 0.05) is 45.1 Å². The molecular formula is C26H30N6O3. The minimum Gasteiger partial charge on any atom is -0.461 e. The molecule has 1 saturated carbocycles. The summed E-state index contributed by atoms with van der Waals surface area (Å²) >= 11 is 0. The number of amides is 1. The number of esters is 1. The van der Waals surface area contributed by atoms with Crippen LogP contribution in [0.3, 0.4) is 0 Å². The molecule has 1 aromatic heterocycles. The van der Waals surface area contributed by atoms with Crippen molar-refractivity contribution in [1.29, 1.82) is 0 Å². The second-order valence-electron chi connectivity index (χ2n) is 9.39. The largest absolute Gasteiger partial charge is 0.461 e. The first kappa shape index (κ1) is 23.2. The van der Waals surface area contributed by atoms with Gasteiger partial charge < -0.3 is 9.64 Å². The number of carbonyl (C=O) groups is 2. The summed E-state index contributed by atoms with van der Waals surface area (Å²) in [5.41, 5.74) is 5.38. The van der Waals surface area contributed by atoms with Crippen LogP contribution in [0.4, 0.5) is 0 Å². The van der Waals surface area contributed by atoms with E-state index in [0.29, 0.717) is 25.0 Å². The predicted octanol–water partition coefficient (Wildman–Crippen LogP) is 2.28. The van der Waals surface area contributed by atoms with Gasteiger partial charge in [0.25, 0.3) is 0 Å². The molecule has 5 rings (SSSR count). The van der Waals surface area contributed by atoms with E-state index in [0.717, 1.165) is 55.0 Å². The molecule has 3 aromatic rings. The number of hydrogen-bond donors (Lipinski definition) is 0. The smallest absolute Gasteiger partial charge is 0.302 e. The summed E-state index contributed by atoms with van der Waals surface area (Å²) in [4.78, 5) is 28.6. The highest BCUT2D eigenvalue weighted by molar-refractivity contribution is 5.79. The number of nitrogens with zero attached hydrogens (tertiary/aromatic N) is 6. The molecule has 2 fully saturated rings. The highest BCUT2D eigenvalue weighted by Crippen LogP contribution is 2.45. The van der Waals surface area contributed by atoms with Crippen LogP contribution in [0.2, 0.25) is 0 Å². The zero-order valence-corrected chi connectivity index (χ0v) is 20.1. The molecule has 1 amide bonds. The molecule has 1 saturated heterocycles. The van der Waals surface area contributed by atoms with E-state index in [1.807, 2.05) is 36.1 Å². The molecule has 9 nitrogen and oxygen atoms in total. The molecule has 0 N–H and O–H groups in total. The van der Waals surface area contributed by atoms with E-state index in [4.69, 9.17) is 4.74 Å². The summed E-state index contributed by atoms with van der Waals surface area (Å²) in [5.74, 6) is 0.418. The third-order valence-electron chi connectivity index (χ3n) is 7.03. The average molecular weight is 475 g/mol. The van der Waals surface area contributed by atoms with E-state index in [1.165, 1.54) is 12.5 Å². The Morgan fingerprint density at radius 3 is 2.51 bits per heavy atom. The van der Waals surface area contributed by atoms with Gasteiger partial charge in [-0.25, -0.2) is 4.68 Å². The van der Waals surface area contributed by atoms with Gasteiger partial charge in [-0.2, -0.15) is 0 Å². The zero-order chi connectivity index (χ0) is 24.4. The number of piperazine rings is 1. The molecule has 2 atom stereocenters. The quantitative estimate of drug-likeness (QED) is 0.485. The van der Waals surface area contributed by atoms with Gasteiger partial charge in [0.05, 0.1) is 12.1 Å².